The van der Waals surface area contributed by atoms with Gasteiger partial charge in [0.1, 0.15) is 4.99 Å². The fourth-order valence-electron chi connectivity index (χ4n) is 1.85. The number of nitrogens with zero attached hydrogens (tertiary/aromatic N) is 2. The number of rotatable bonds is 4. The molecule has 0 aliphatic heterocycles. The number of halogens is 1. The van der Waals surface area contributed by atoms with Gasteiger partial charge in [0.05, 0.1) is 11.3 Å². The van der Waals surface area contributed by atoms with E-state index in [4.69, 9.17) is 18.0 Å². The molecule has 6 heteroatoms. The highest BCUT2D eigenvalue weighted by atomic mass is 79.9. The molecule has 0 fully saturated rings. The molecule has 0 amide bonds. The van der Waals surface area contributed by atoms with Gasteiger partial charge in [-0.25, -0.2) is 0 Å². The second kappa shape index (κ2) is 6.28. The Bertz CT molecular complexity index is 658. The topological polar surface area (TPSA) is 63.8 Å². The number of anilines is 1. The van der Waals surface area contributed by atoms with E-state index in [9.17, 15) is 0 Å². The van der Waals surface area contributed by atoms with Gasteiger partial charge in [0.25, 0.3) is 0 Å². The Morgan fingerprint density at radius 2 is 2.00 bits per heavy atom. The summed E-state index contributed by atoms with van der Waals surface area (Å²) < 4.78 is 1.04. The zero-order chi connectivity index (χ0) is 14.7. The third-order valence-electron chi connectivity index (χ3n) is 3.11. The van der Waals surface area contributed by atoms with Crippen LogP contribution in [0, 0.1) is 13.8 Å². The number of aryl methyl sites for hydroxylation is 1. The fraction of sp³-hybridized carbons (Fsp3) is 0.214. The van der Waals surface area contributed by atoms with Crippen LogP contribution >= 0.6 is 28.1 Å². The first-order valence-electron chi connectivity index (χ1n) is 6.11. The summed E-state index contributed by atoms with van der Waals surface area (Å²) in [5, 5.41) is 11.5. The quantitative estimate of drug-likeness (QED) is 0.829. The highest BCUT2D eigenvalue weighted by Gasteiger charge is 2.13. The number of nitrogens with two attached hydrogens (primary N) is 1. The molecule has 1 heterocycles. The molecule has 1 aromatic heterocycles. The predicted octanol–water partition coefficient (Wildman–Crippen LogP) is 3.10. The molecule has 2 aromatic rings. The lowest BCUT2D eigenvalue weighted by Crippen LogP contribution is -2.18. The Hall–Kier alpha value is -1.53. The van der Waals surface area contributed by atoms with Crippen LogP contribution < -0.4 is 11.1 Å². The summed E-state index contributed by atoms with van der Waals surface area (Å²) in [6.45, 7) is 4.46. The molecule has 104 valence electrons. The molecule has 0 radical (unpaired) electrons. The normalized spacial score (nSPS) is 10.3. The van der Waals surface area contributed by atoms with Gasteiger partial charge in [-0.15, -0.1) is 5.10 Å². The van der Waals surface area contributed by atoms with Crippen molar-refractivity contribution in [2.45, 2.75) is 20.4 Å². The molecule has 0 atom stereocenters. The number of benzene rings is 1. The molecule has 0 saturated carbocycles. The van der Waals surface area contributed by atoms with E-state index in [1.54, 1.807) is 0 Å². The molecule has 1 aromatic carbocycles. The third kappa shape index (κ3) is 3.13. The maximum Gasteiger partial charge on any atom is 0.159 e. The van der Waals surface area contributed by atoms with Gasteiger partial charge in [-0.3, -0.25) is 0 Å². The monoisotopic (exact) mass is 350 g/mol. The van der Waals surface area contributed by atoms with E-state index < -0.39 is 0 Å². The SMILES string of the molecule is Cc1nnc(NCc2ccccc2Br)c(C(N)=S)c1C. The van der Waals surface area contributed by atoms with E-state index in [-0.39, 0.29) is 0 Å². The first-order chi connectivity index (χ1) is 9.50. The summed E-state index contributed by atoms with van der Waals surface area (Å²) in [4.78, 5) is 0.329. The largest absolute Gasteiger partial charge is 0.389 e. The van der Waals surface area contributed by atoms with Gasteiger partial charge in [-0.1, -0.05) is 46.3 Å². The second-order valence-corrected chi connectivity index (χ2v) is 5.74. The van der Waals surface area contributed by atoms with Crippen LogP contribution in [0.5, 0.6) is 0 Å². The lowest BCUT2D eigenvalue weighted by Gasteiger charge is -2.13. The van der Waals surface area contributed by atoms with Crippen LogP contribution in [0.1, 0.15) is 22.4 Å². The van der Waals surface area contributed by atoms with E-state index in [1.807, 2.05) is 38.1 Å². The van der Waals surface area contributed by atoms with Crippen LogP contribution in [-0.2, 0) is 6.54 Å². The van der Waals surface area contributed by atoms with E-state index in [0.29, 0.717) is 17.4 Å². The molecule has 0 unspecified atom stereocenters. The molecule has 0 saturated heterocycles. The molecule has 20 heavy (non-hydrogen) atoms. The zero-order valence-corrected chi connectivity index (χ0v) is 13.7. The van der Waals surface area contributed by atoms with Crippen LogP contribution in [0.15, 0.2) is 28.7 Å². The summed E-state index contributed by atoms with van der Waals surface area (Å²) in [6.07, 6.45) is 0. The first-order valence-corrected chi connectivity index (χ1v) is 7.31. The Labute approximate surface area is 131 Å². The molecule has 2 rings (SSSR count). The van der Waals surface area contributed by atoms with E-state index in [2.05, 4.69) is 31.4 Å². The van der Waals surface area contributed by atoms with Crippen molar-refractivity contribution in [2.24, 2.45) is 5.73 Å². The molecule has 0 aliphatic rings. The standard InChI is InChI=1S/C14H15BrN4S/c1-8-9(2)18-19-14(12(8)13(16)20)17-7-10-5-3-4-6-11(10)15/h3-6H,7H2,1-2H3,(H2,16,20)(H,17,19). The number of hydrogen-bond donors (Lipinski definition) is 2. The van der Waals surface area contributed by atoms with Crippen molar-refractivity contribution in [1.29, 1.82) is 0 Å². The second-order valence-electron chi connectivity index (χ2n) is 4.44. The lowest BCUT2D eigenvalue weighted by atomic mass is 10.1. The van der Waals surface area contributed by atoms with Gasteiger partial charge < -0.3 is 11.1 Å². The van der Waals surface area contributed by atoms with Gasteiger partial charge in [-0.05, 0) is 31.0 Å². The minimum Gasteiger partial charge on any atom is -0.389 e. The van der Waals surface area contributed by atoms with Crippen molar-refractivity contribution in [2.75, 3.05) is 5.32 Å². The number of hydrogen-bond acceptors (Lipinski definition) is 4. The maximum atomic E-state index is 5.80. The number of aromatic nitrogens is 2. The van der Waals surface area contributed by atoms with E-state index >= 15 is 0 Å². The van der Waals surface area contributed by atoms with E-state index in [0.717, 1.165) is 26.9 Å². The Morgan fingerprint density at radius 3 is 2.65 bits per heavy atom. The Morgan fingerprint density at radius 1 is 1.30 bits per heavy atom. The van der Waals surface area contributed by atoms with Crippen LogP contribution in [0.2, 0.25) is 0 Å². The van der Waals surface area contributed by atoms with Crippen molar-refractivity contribution in [1.82, 2.24) is 10.2 Å². The maximum absolute atomic E-state index is 5.80. The Balaban J connectivity index is 2.29. The fourth-order valence-corrected chi connectivity index (χ4v) is 2.53. The first kappa shape index (κ1) is 14.9. The average molecular weight is 351 g/mol. The van der Waals surface area contributed by atoms with Gasteiger partial charge >= 0.3 is 0 Å². The van der Waals surface area contributed by atoms with Crippen LogP contribution in [0.25, 0.3) is 0 Å². The molecule has 4 nitrogen and oxygen atoms in total. The van der Waals surface area contributed by atoms with Crippen LogP contribution in [0.4, 0.5) is 5.82 Å². The third-order valence-corrected chi connectivity index (χ3v) is 4.08. The molecule has 0 aliphatic carbocycles. The molecular weight excluding hydrogens is 336 g/mol. The minimum atomic E-state index is 0.329. The predicted molar refractivity (Wildman–Crippen MR) is 88.9 cm³/mol. The van der Waals surface area contributed by atoms with Crippen molar-refractivity contribution in [3.8, 4) is 0 Å². The van der Waals surface area contributed by atoms with Gasteiger partial charge in [0, 0.05) is 11.0 Å². The Kier molecular flexibility index (Phi) is 4.67. The number of nitrogens with one attached hydrogen (secondary N) is 1. The van der Waals surface area contributed by atoms with Crippen molar-refractivity contribution < 1.29 is 0 Å². The molecule has 0 bridgehead atoms. The van der Waals surface area contributed by atoms with Crippen molar-refractivity contribution >= 4 is 39.0 Å². The summed E-state index contributed by atoms with van der Waals surface area (Å²) in [5.41, 5.74) is 9.48. The zero-order valence-electron chi connectivity index (χ0n) is 11.3. The minimum absolute atomic E-state index is 0.329. The number of thiocarbonyl (C=S) groups is 1. The summed E-state index contributed by atoms with van der Waals surface area (Å²) in [6, 6.07) is 8.00. The van der Waals surface area contributed by atoms with Gasteiger partial charge in [0.2, 0.25) is 0 Å². The summed E-state index contributed by atoms with van der Waals surface area (Å²) in [7, 11) is 0. The van der Waals surface area contributed by atoms with Crippen LogP contribution in [-0.4, -0.2) is 15.2 Å². The van der Waals surface area contributed by atoms with Gasteiger partial charge in [0.15, 0.2) is 5.82 Å². The van der Waals surface area contributed by atoms with Crippen molar-refractivity contribution in [3.63, 3.8) is 0 Å². The molecule has 0 spiro atoms. The van der Waals surface area contributed by atoms with E-state index in [1.165, 1.54) is 0 Å². The molecule has 3 N–H and O–H groups in total. The highest BCUT2D eigenvalue weighted by Crippen LogP contribution is 2.21. The van der Waals surface area contributed by atoms with Crippen molar-refractivity contribution in [3.05, 3.63) is 51.1 Å². The summed E-state index contributed by atoms with van der Waals surface area (Å²) >= 11 is 8.63. The summed E-state index contributed by atoms with van der Waals surface area (Å²) in [5.74, 6) is 0.622. The van der Waals surface area contributed by atoms with Crippen LogP contribution in [0.3, 0.4) is 0 Å². The average Bonchev–Trinajstić information content (AvgIpc) is 2.41. The highest BCUT2D eigenvalue weighted by molar-refractivity contribution is 9.10. The smallest absolute Gasteiger partial charge is 0.159 e. The molecular formula is C14H15BrN4S. The van der Waals surface area contributed by atoms with Gasteiger partial charge in [-0.2, -0.15) is 5.10 Å². The lowest BCUT2D eigenvalue weighted by molar-refractivity contribution is 0.942.